The van der Waals surface area contributed by atoms with E-state index in [-0.39, 0.29) is 9.92 Å². The predicted molar refractivity (Wildman–Crippen MR) is 87.1 cm³/mol. The van der Waals surface area contributed by atoms with Crippen LogP contribution in [0, 0.1) is 0 Å². The van der Waals surface area contributed by atoms with E-state index >= 15 is 0 Å². The molecule has 0 radical (unpaired) electrons. The molecule has 0 aliphatic rings. The summed E-state index contributed by atoms with van der Waals surface area (Å²) >= 11 is 5.99. The Kier molecular flexibility index (Phi) is 5.61. The maximum absolute atomic E-state index is 12.5. The normalized spacial score (nSPS) is 13.0. The number of methoxy groups -OCH3 is 1. The van der Waals surface area contributed by atoms with Crippen molar-refractivity contribution in [3.8, 4) is 5.75 Å². The van der Waals surface area contributed by atoms with Crippen LogP contribution in [0.5, 0.6) is 5.75 Å². The topological polar surface area (TPSA) is 86.1 Å². The zero-order valence-corrected chi connectivity index (χ0v) is 14.7. The molecule has 1 atom stereocenters. The molecule has 0 aliphatic carbocycles. The smallest absolute Gasteiger partial charge is 0.241 e. The molecule has 1 N–H and O–H groups in total. The van der Waals surface area contributed by atoms with Crippen LogP contribution >= 0.6 is 11.6 Å². The van der Waals surface area contributed by atoms with Gasteiger partial charge in [0.2, 0.25) is 10.0 Å². The number of hydrogen-bond acceptors (Lipinski definition) is 5. The van der Waals surface area contributed by atoms with Crippen molar-refractivity contribution >= 4 is 21.6 Å². The van der Waals surface area contributed by atoms with Gasteiger partial charge in [0.05, 0.1) is 23.1 Å². The third-order valence-corrected chi connectivity index (χ3v) is 5.10. The number of rotatable bonds is 7. The minimum atomic E-state index is -3.74. The van der Waals surface area contributed by atoms with Crippen LogP contribution in [-0.2, 0) is 16.6 Å². The molecule has 2 aromatic rings. The second-order valence-corrected chi connectivity index (χ2v) is 7.14. The molecule has 1 aromatic heterocycles. The molecule has 0 aliphatic heterocycles. The highest BCUT2D eigenvalue weighted by Gasteiger charge is 2.22. The van der Waals surface area contributed by atoms with Crippen LogP contribution < -0.4 is 9.46 Å². The molecular weight excluding hydrogens is 340 g/mol. The first-order chi connectivity index (χ1) is 10.9. The molecule has 23 heavy (non-hydrogen) atoms. The van der Waals surface area contributed by atoms with E-state index in [0.29, 0.717) is 11.6 Å². The molecule has 9 heteroatoms. The number of halogens is 1. The highest BCUT2D eigenvalue weighted by molar-refractivity contribution is 7.89. The first-order valence-electron chi connectivity index (χ1n) is 7.12. The SMILES string of the molecule is CCCn1cnnc1C(C)NS(=O)(=O)c1ccc(OC)c(Cl)c1. The maximum atomic E-state index is 12.5. The fourth-order valence-corrected chi connectivity index (χ4v) is 3.73. The van der Waals surface area contributed by atoms with E-state index in [1.165, 1.54) is 25.3 Å². The Bertz CT molecular complexity index is 776. The Balaban J connectivity index is 2.23. The maximum Gasteiger partial charge on any atom is 0.241 e. The molecule has 1 unspecified atom stereocenters. The molecule has 2 rings (SSSR count). The van der Waals surface area contributed by atoms with Gasteiger partial charge >= 0.3 is 0 Å². The van der Waals surface area contributed by atoms with Crippen molar-refractivity contribution in [3.63, 3.8) is 0 Å². The zero-order valence-electron chi connectivity index (χ0n) is 13.2. The van der Waals surface area contributed by atoms with Crippen molar-refractivity contribution in [2.24, 2.45) is 0 Å². The number of hydrogen-bond donors (Lipinski definition) is 1. The van der Waals surface area contributed by atoms with E-state index in [9.17, 15) is 8.42 Å². The van der Waals surface area contributed by atoms with E-state index in [2.05, 4.69) is 14.9 Å². The summed E-state index contributed by atoms with van der Waals surface area (Å²) in [6.45, 7) is 4.47. The molecule has 7 nitrogen and oxygen atoms in total. The molecule has 1 heterocycles. The summed E-state index contributed by atoms with van der Waals surface area (Å²) < 4.78 is 34.4. The van der Waals surface area contributed by atoms with Crippen molar-refractivity contribution in [3.05, 3.63) is 35.4 Å². The molecular formula is C14H19ClN4O3S. The third-order valence-electron chi connectivity index (χ3n) is 3.26. The quantitative estimate of drug-likeness (QED) is 0.821. The molecule has 0 spiro atoms. The van der Waals surface area contributed by atoms with Gasteiger partial charge in [-0.05, 0) is 31.5 Å². The van der Waals surface area contributed by atoms with Crippen molar-refractivity contribution < 1.29 is 13.2 Å². The molecule has 0 bridgehead atoms. The second kappa shape index (κ2) is 7.29. The van der Waals surface area contributed by atoms with Crippen molar-refractivity contribution in [1.29, 1.82) is 0 Å². The van der Waals surface area contributed by atoms with E-state index in [1.54, 1.807) is 13.3 Å². The van der Waals surface area contributed by atoms with E-state index in [1.807, 2.05) is 11.5 Å². The Hall–Kier alpha value is -1.64. The largest absolute Gasteiger partial charge is 0.495 e. The Morgan fingerprint density at radius 3 is 2.78 bits per heavy atom. The fraction of sp³-hybridized carbons (Fsp3) is 0.429. The van der Waals surface area contributed by atoms with Crippen molar-refractivity contribution in [2.45, 2.75) is 37.8 Å². The van der Waals surface area contributed by atoms with Gasteiger partial charge in [-0.1, -0.05) is 18.5 Å². The average Bonchev–Trinajstić information content (AvgIpc) is 2.95. The lowest BCUT2D eigenvalue weighted by Crippen LogP contribution is -2.29. The number of aromatic nitrogens is 3. The highest BCUT2D eigenvalue weighted by Crippen LogP contribution is 2.27. The van der Waals surface area contributed by atoms with E-state index in [0.717, 1.165) is 13.0 Å². The summed E-state index contributed by atoms with van der Waals surface area (Å²) in [5.41, 5.74) is 0. The number of benzene rings is 1. The fourth-order valence-electron chi connectivity index (χ4n) is 2.18. The Labute approximate surface area is 140 Å². The van der Waals surface area contributed by atoms with Gasteiger partial charge in [0, 0.05) is 6.54 Å². The average molecular weight is 359 g/mol. The number of nitrogens with zero attached hydrogens (tertiary/aromatic N) is 3. The monoisotopic (exact) mass is 358 g/mol. The lowest BCUT2D eigenvalue weighted by atomic mass is 10.3. The predicted octanol–water partition coefficient (Wildman–Crippen LogP) is 2.39. The number of sulfonamides is 1. The summed E-state index contributed by atoms with van der Waals surface area (Å²) in [4.78, 5) is 0.0664. The molecule has 0 amide bonds. The minimum absolute atomic E-state index is 0.0664. The first-order valence-corrected chi connectivity index (χ1v) is 8.98. The summed E-state index contributed by atoms with van der Waals surface area (Å²) in [5.74, 6) is 0.983. The summed E-state index contributed by atoms with van der Waals surface area (Å²) in [5, 5.41) is 8.07. The van der Waals surface area contributed by atoms with Crippen LogP contribution in [0.1, 0.15) is 32.1 Å². The lowest BCUT2D eigenvalue weighted by Gasteiger charge is -2.15. The van der Waals surface area contributed by atoms with Gasteiger partial charge in [-0.3, -0.25) is 0 Å². The van der Waals surface area contributed by atoms with Crippen LogP contribution in [0.15, 0.2) is 29.4 Å². The second-order valence-electron chi connectivity index (χ2n) is 5.02. The van der Waals surface area contributed by atoms with Gasteiger partial charge in [0.1, 0.15) is 12.1 Å². The standard InChI is InChI=1S/C14H19ClN4O3S/c1-4-7-19-9-16-17-14(19)10(2)18-23(20,21)11-5-6-13(22-3)12(15)8-11/h5-6,8-10,18H,4,7H2,1-3H3. The van der Waals surface area contributed by atoms with Crippen LogP contribution in [0.3, 0.4) is 0 Å². The molecule has 0 saturated heterocycles. The van der Waals surface area contributed by atoms with Gasteiger partial charge in [-0.15, -0.1) is 10.2 Å². The summed E-state index contributed by atoms with van der Waals surface area (Å²) in [7, 11) is -2.27. The number of nitrogens with one attached hydrogen (secondary N) is 1. The van der Waals surface area contributed by atoms with Crippen molar-refractivity contribution in [2.75, 3.05) is 7.11 Å². The van der Waals surface area contributed by atoms with Gasteiger partial charge in [0.25, 0.3) is 0 Å². The van der Waals surface area contributed by atoms with Gasteiger partial charge < -0.3 is 9.30 Å². The molecule has 0 saturated carbocycles. The van der Waals surface area contributed by atoms with Gasteiger partial charge in [0.15, 0.2) is 5.82 Å². The van der Waals surface area contributed by atoms with E-state index < -0.39 is 16.1 Å². The van der Waals surface area contributed by atoms with Gasteiger partial charge in [-0.2, -0.15) is 0 Å². The highest BCUT2D eigenvalue weighted by atomic mass is 35.5. The number of ether oxygens (including phenoxy) is 1. The van der Waals surface area contributed by atoms with E-state index in [4.69, 9.17) is 16.3 Å². The van der Waals surface area contributed by atoms with Gasteiger partial charge in [-0.25, -0.2) is 13.1 Å². The molecule has 0 fully saturated rings. The van der Waals surface area contributed by atoms with Crippen molar-refractivity contribution in [1.82, 2.24) is 19.5 Å². The van der Waals surface area contributed by atoms with Crippen LogP contribution in [0.2, 0.25) is 5.02 Å². The Morgan fingerprint density at radius 1 is 1.43 bits per heavy atom. The van der Waals surface area contributed by atoms with Crippen LogP contribution in [0.4, 0.5) is 0 Å². The van der Waals surface area contributed by atoms with Crippen LogP contribution in [0.25, 0.3) is 0 Å². The Morgan fingerprint density at radius 2 is 2.17 bits per heavy atom. The third kappa shape index (κ3) is 4.01. The summed E-state index contributed by atoms with van der Waals surface area (Å²) in [6.07, 6.45) is 2.49. The molecule has 126 valence electrons. The minimum Gasteiger partial charge on any atom is -0.495 e. The number of aryl methyl sites for hydroxylation is 1. The molecule has 1 aromatic carbocycles. The first kappa shape index (κ1) is 17.7. The van der Waals surface area contributed by atoms with Crippen LogP contribution in [-0.4, -0.2) is 30.3 Å². The lowest BCUT2D eigenvalue weighted by molar-refractivity contribution is 0.414. The summed E-state index contributed by atoms with van der Waals surface area (Å²) in [6, 6.07) is 3.79. The zero-order chi connectivity index (χ0) is 17.0.